The van der Waals surface area contributed by atoms with Gasteiger partial charge in [0.15, 0.2) is 17.1 Å². The quantitative estimate of drug-likeness (QED) is 0.178. The number of aliphatic hydroxyl groups excluding tert-OH is 2. The van der Waals surface area contributed by atoms with Crippen LogP contribution in [0.5, 0.6) is 11.5 Å². The van der Waals surface area contributed by atoms with Crippen molar-refractivity contribution in [2.45, 2.75) is 24.9 Å². The number of fused-ring (bicyclic) bond motifs is 3. The third-order valence-corrected chi connectivity index (χ3v) is 7.84. The van der Waals surface area contributed by atoms with Gasteiger partial charge in [0.1, 0.15) is 22.8 Å². The minimum absolute atomic E-state index is 0.0481. The molecule has 3 unspecified atom stereocenters. The van der Waals surface area contributed by atoms with Crippen molar-refractivity contribution >= 4 is 29.1 Å². The second-order valence-corrected chi connectivity index (χ2v) is 10.6. The molecule has 0 radical (unpaired) electrons. The molecule has 0 bridgehead atoms. The van der Waals surface area contributed by atoms with Crippen molar-refractivity contribution in [3.8, 4) is 11.5 Å². The van der Waals surface area contributed by atoms with Crippen LogP contribution in [0.25, 0.3) is 0 Å². The van der Waals surface area contributed by atoms with Crippen LogP contribution in [0.2, 0.25) is 0 Å². The van der Waals surface area contributed by atoms with Crippen LogP contribution in [0.3, 0.4) is 0 Å². The van der Waals surface area contributed by atoms with Gasteiger partial charge in [-0.05, 0) is 54.7 Å². The highest BCUT2D eigenvalue weighted by molar-refractivity contribution is 6.25. The summed E-state index contributed by atoms with van der Waals surface area (Å²) in [4.78, 5) is 52.6. The Bertz CT molecular complexity index is 1560. The molecule has 12 nitrogen and oxygen atoms in total. The Morgan fingerprint density at radius 1 is 1.00 bits per heavy atom. The van der Waals surface area contributed by atoms with E-state index in [4.69, 9.17) is 4.74 Å². The minimum Gasteiger partial charge on any atom is -0.511 e. The number of carbonyl (C=O) groups is 4. The molecule has 3 aliphatic rings. The van der Waals surface area contributed by atoms with Gasteiger partial charge >= 0.3 is 0 Å². The fraction of sp³-hybridized carbons (Fsp3) is 0.310. The predicted molar refractivity (Wildman–Crippen MR) is 144 cm³/mol. The smallest absolute Gasteiger partial charge is 0.272 e. The molecule has 3 aliphatic carbocycles. The van der Waals surface area contributed by atoms with E-state index in [2.05, 4.69) is 10.7 Å². The number of hydrogen-bond donors (Lipinski definition) is 6. The van der Waals surface area contributed by atoms with Crippen molar-refractivity contribution in [1.29, 1.82) is 0 Å². The maximum Gasteiger partial charge on any atom is 0.272 e. The molecule has 0 spiro atoms. The Labute approximate surface area is 234 Å². The zero-order chi connectivity index (χ0) is 29.8. The highest BCUT2D eigenvalue weighted by Crippen LogP contribution is 2.51. The summed E-state index contributed by atoms with van der Waals surface area (Å²) in [7, 11) is 4.47. The van der Waals surface area contributed by atoms with Gasteiger partial charge in [0.2, 0.25) is 5.78 Å². The van der Waals surface area contributed by atoms with Crippen LogP contribution in [0.4, 0.5) is 5.69 Å². The van der Waals surface area contributed by atoms with Crippen molar-refractivity contribution in [3.05, 3.63) is 75.8 Å². The number of ether oxygens (including phenoxy) is 1. The first kappa shape index (κ1) is 27.9. The number of allylic oxidation sites excluding steroid dienone is 2. The van der Waals surface area contributed by atoms with Gasteiger partial charge in [0.25, 0.3) is 11.8 Å². The van der Waals surface area contributed by atoms with Gasteiger partial charge in [-0.2, -0.15) is 0 Å². The number of nitrogens with one attached hydrogen (secondary N) is 2. The van der Waals surface area contributed by atoms with E-state index in [1.54, 1.807) is 18.2 Å². The number of phenols is 1. The number of methoxy groups -OCH3 is 1. The number of Topliss-reactive ketones (excluding diaryl/α,β-unsaturated/α-hetero) is 2. The van der Waals surface area contributed by atoms with E-state index in [0.29, 0.717) is 11.3 Å². The molecule has 0 saturated heterocycles. The van der Waals surface area contributed by atoms with E-state index in [1.807, 2.05) is 0 Å². The normalized spacial score (nSPS) is 23.5. The van der Waals surface area contributed by atoms with Crippen LogP contribution in [0.15, 0.2) is 59.1 Å². The summed E-state index contributed by atoms with van der Waals surface area (Å²) in [5.74, 6) is -6.59. The van der Waals surface area contributed by atoms with Crippen LogP contribution < -0.4 is 15.5 Å². The molecule has 0 aromatic heterocycles. The number of carbonyl (C=O) groups excluding carboxylic acids is 4. The molecule has 41 heavy (non-hydrogen) atoms. The second kappa shape index (κ2) is 10.1. The molecule has 3 atom stereocenters. The lowest BCUT2D eigenvalue weighted by atomic mass is 9.60. The largest absolute Gasteiger partial charge is 0.511 e. The Morgan fingerprint density at radius 3 is 2.32 bits per heavy atom. The third kappa shape index (κ3) is 4.41. The number of aromatic hydroxyl groups is 1. The van der Waals surface area contributed by atoms with Crippen molar-refractivity contribution in [2.24, 2.45) is 11.8 Å². The Balaban J connectivity index is 1.50. The fourth-order valence-electron chi connectivity index (χ4n) is 5.87. The van der Waals surface area contributed by atoms with Gasteiger partial charge in [-0.1, -0.05) is 6.07 Å². The molecule has 0 saturated carbocycles. The van der Waals surface area contributed by atoms with Crippen molar-refractivity contribution in [3.63, 3.8) is 0 Å². The van der Waals surface area contributed by atoms with Crippen LogP contribution in [-0.2, 0) is 16.0 Å². The Kier molecular flexibility index (Phi) is 6.84. The number of anilines is 1. The fourth-order valence-corrected chi connectivity index (χ4v) is 5.87. The summed E-state index contributed by atoms with van der Waals surface area (Å²) >= 11 is 0. The van der Waals surface area contributed by atoms with Gasteiger partial charge in [-0.3, -0.25) is 24.6 Å². The predicted octanol–water partition coefficient (Wildman–Crippen LogP) is 1.95. The summed E-state index contributed by atoms with van der Waals surface area (Å²) in [6, 6.07) is 9.30. The molecular weight excluding hydrogens is 534 g/mol. The zero-order valence-corrected chi connectivity index (χ0v) is 22.5. The number of nitrogens with zero attached hydrogens (tertiary/aromatic N) is 1. The van der Waals surface area contributed by atoms with Crippen LogP contribution >= 0.6 is 0 Å². The topological polar surface area (TPSA) is 186 Å². The third-order valence-electron chi connectivity index (χ3n) is 7.84. The molecule has 2 aromatic carbocycles. The van der Waals surface area contributed by atoms with E-state index < -0.39 is 63.7 Å². The molecular formula is C29H29N3O9. The maximum atomic E-state index is 13.7. The summed E-state index contributed by atoms with van der Waals surface area (Å²) < 4.78 is 5.09. The van der Waals surface area contributed by atoms with Gasteiger partial charge in [-0.15, -0.1) is 0 Å². The number of ketones is 2. The number of amides is 2. The molecule has 0 aliphatic heterocycles. The first-order valence-corrected chi connectivity index (χ1v) is 12.8. The van der Waals surface area contributed by atoms with Crippen LogP contribution in [-0.4, -0.2) is 75.6 Å². The summed E-state index contributed by atoms with van der Waals surface area (Å²) in [5.41, 5.74) is -0.757. The molecule has 2 amide bonds. The van der Waals surface area contributed by atoms with Crippen LogP contribution in [0, 0.1) is 11.8 Å². The molecule has 2 aromatic rings. The van der Waals surface area contributed by atoms with E-state index in [0.717, 1.165) is 0 Å². The number of phenolic OH excluding ortho intramolecular Hbond substituents is 1. The van der Waals surface area contributed by atoms with E-state index in [1.165, 1.54) is 44.4 Å². The summed E-state index contributed by atoms with van der Waals surface area (Å²) in [6.45, 7) is 0. The van der Waals surface area contributed by atoms with Crippen molar-refractivity contribution in [2.75, 3.05) is 26.5 Å². The monoisotopic (exact) mass is 563 g/mol. The van der Waals surface area contributed by atoms with Gasteiger partial charge in [-0.25, -0.2) is 5.01 Å². The first-order chi connectivity index (χ1) is 19.4. The standard InChI is InChI=1S/C29H29N3O9/c1-32(2)31-28(39)22-19(33)12-16-11-15-10-14-6-9-18(30-27(38)13-4-7-17(41-3)8-5-13)23(34)20(14)24(35)21(15)25(36)29(16,40)26(22)37/h4-9,15-16,33-34,36,40H,10-12H2,1-3H3,(H,30,38)(H,31,39). The van der Waals surface area contributed by atoms with Gasteiger partial charge < -0.3 is 30.5 Å². The highest BCUT2D eigenvalue weighted by atomic mass is 16.5. The zero-order valence-electron chi connectivity index (χ0n) is 22.5. The molecule has 0 fully saturated rings. The summed E-state index contributed by atoms with van der Waals surface area (Å²) in [5, 5.41) is 48.2. The molecule has 6 N–H and O–H groups in total. The van der Waals surface area contributed by atoms with E-state index in [-0.39, 0.29) is 41.6 Å². The number of hydrazine groups is 1. The van der Waals surface area contributed by atoms with Crippen LogP contribution in [0.1, 0.15) is 39.1 Å². The average Bonchev–Trinajstić information content (AvgIpc) is 2.91. The molecule has 214 valence electrons. The molecule has 5 rings (SSSR count). The second-order valence-electron chi connectivity index (χ2n) is 10.6. The summed E-state index contributed by atoms with van der Waals surface area (Å²) in [6.07, 6.45) is -0.0367. The molecule has 0 heterocycles. The number of rotatable bonds is 5. The van der Waals surface area contributed by atoms with Gasteiger partial charge in [0, 0.05) is 37.6 Å². The Morgan fingerprint density at radius 2 is 1.68 bits per heavy atom. The SMILES string of the molecule is COc1ccc(C(=O)Nc2ccc3c(c2O)C(=O)C2=C(O)C4(O)C(=O)C(C(=O)NN(C)C)=C(O)CC4CC2C3)cc1. The Hall–Kier alpha value is -4.68. The maximum absolute atomic E-state index is 13.7. The number of benzene rings is 2. The van der Waals surface area contributed by atoms with Gasteiger partial charge in [0.05, 0.1) is 18.4 Å². The lowest BCUT2D eigenvalue weighted by molar-refractivity contribution is -0.145. The highest BCUT2D eigenvalue weighted by Gasteiger charge is 2.59. The lowest BCUT2D eigenvalue weighted by Gasteiger charge is -2.45. The van der Waals surface area contributed by atoms with E-state index in [9.17, 15) is 39.6 Å². The minimum atomic E-state index is -2.62. The average molecular weight is 564 g/mol. The number of hydrogen-bond acceptors (Lipinski definition) is 10. The van der Waals surface area contributed by atoms with Crippen molar-refractivity contribution < 1.29 is 44.3 Å². The van der Waals surface area contributed by atoms with Crippen molar-refractivity contribution in [1.82, 2.24) is 10.4 Å². The first-order valence-electron chi connectivity index (χ1n) is 12.8. The lowest BCUT2D eigenvalue weighted by Crippen LogP contribution is -2.57. The number of aliphatic hydroxyl groups is 3. The molecule has 12 heteroatoms. The van der Waals surface area contributed by atoms with E-state index >= 15 is 0 Å².